The van der Waals surface area contributed by atoms with Crippen LogP contribution < -0.4 is 0 Å². The fraction of sp³-hybridized carbons (Fsp3) is 0.484. The van der Waals surface area contributed by atoms with Crippen molar-refractivity contribution < 1.29 is 18.9 Å². The Morgan fingerprint density at radius 2 is 1.28 bits per heavy atom. The van der Waals surface area contributed by atoms with Gasteiger partial charge in [0.05, 0.1) is 70.3 Å². The van der Waals surface area contributed by atoms with Crippen LogP contribution in [0.25, 0.3) is 0 Å². The summed E-state index contributed by atoms with van der Waals surface area (Å²) in [7, 11) is 0. The van der Waals surface area contributed by atoms with E-state index in [4.69, 9.17) is 23.9 Å². The average molecular weight is 535 g/mol. The third-order valence-corrected chi connectivity index (χ3v) is 6.68. The van der Waals surface area contributed by atoms with Crippen LogP contribution in [0, 0.1) is 6.92 Å². The smallest absolute Gasteiger partial charge is 0.0778 e. The Labute approximate surface area is 232 Å². The number of ether oxygens (including phenoxy) is 4. The fourth-order valence-electron chi connectivity index (χ4n) is 4.68. The highest BCUT2D eigenvalue weighted by Gasteiger charge is 2.23. The van der Waals surface area contributed by atoms with E-state index in [1.54, 1.807) is 0 Å². The van der Waals surface area contributed by atoms with Gasteiger partial charge in [0, 0.05) is 44.6 Å². The summed E-state index contributed by atoms with van der Waals surface area (Å²) in [6, 6.07) is 22.8. The molecule has 3 aromatic rings. The molecule has 0 N–H and O–H groups in total. The number of pyridine rings is 2. The number of hydrogen-bond donors (Lipinski definition) is 0. The second kappa shape index (κ2) is 17.1. The van der Waals surface area contributed by atoms with E-state index in [2.05, 4.69) is 57.2 Å². The van der Waals surface area contributed by atoms with Crippen molar-refractivity contribution in [3.63, 3.8) is 0 Å². The molecule has 3 heterocycles. The van der Waals surface area contributed by atoms with Crippen LogP contribution in [-0.2, 0) is 25.5 Å². The highest BCUT2D eigenvalue weighted by atomic mass is 16.5. The largest absolute Gasteiger partial charge is 0.378 e. The van der Waals surface area contributed by atoms with Gasteiger partial charge in [-0.2, -0.15) is 0 Å². The van der Waals surface area contributed by atoms with E-state index in [-0.39, 0.29) is 6.04 Å². The van der Waals surface area contributed by atoms with Gasteiger partial charge in [-0.15, -0.1) is 0 Å². The number of nitrogens with zero attached hydrogens (tertiary/aromatic N) is 4. The minimum atomic E-state index is 0.0153. The lowest BCUT2D eigenvalue weighted by molar-refractivity contribution is 0.00332. The SMILES string of the molecule is Cc1cccc(C(c2ccccc2)N2CCOCCOCCN(Cc3ccccn3)CCOCCOCC2)n1. The van der Waals surface area contributed by atoms with E-state index in [9.17, 15) is 0 Å². The normalized spacial score (nSPS) is 19.1. The van der Waals surface area contributed by atoms with Gasteiger partial charge < -0.3 is 18.9 Å². The molecule has 1 aliphatic heterocycles. The monoisotopic (exact) mass is 534 g/mol. The summed E-state index contributed by atoms with van der Waals surface area (Å²) in [6.07, 6.45) is 1.83. The maximum atomic E-state index is 6.01. The van der Waals surface area contributed by atoms with E-state index >= 15 is 0 Å². The fourth-order valence-corrected chi connectivity index (χ4v) is 4.68. The Kier molecular flexibility index (Phi) is 12.8. The van der Waals surface area contributed by atoms with Crippen molar-refractivity contribution in [1.29, 1.82) is 0 Å². The molecule has 0 radical (unpaired) electrons. The molecule has 8 nitrogen and oxygen atoms in total. The molecule has 8 heteroatoms. The zero-order valence-corrected chi connectivity index (χ0v) is 23.1. The Morgan fingerprint density at radius 3 is 1.87 bits per heavy atom. The van der Waals surface area contributed by atoms with Crippen molar-refractivity contribution in [2.75, 3.05) is 79.0 Å². The first-order valence-corrected chi connectivity index (χ1v) is 14.0. The molecule has 39 heavy (non-hydrogen) atoms. The van der Waals surface area contributed by atoms with Gasteiger partial charge in [-0.3, -0.25) is 19.8 Å². The van der Waals surface area contributed by atoms with Crippen LogP contribution in [-0.4, -0.2) is 98.8 Å². The maximum Gasteiger partial charge on any atom is 0.0778 e. The Hall–Kier alpha value is -2.72. The molecule has 1 unspecified atom stereocenters. The predicted octanol–water partition coefficient (Wildman–Crippen LogP) is 3.76. The summed E-state index contributed by atoms with van der Waals surface area (Å²) in [4.78, 5) is 14.1. The van der Waals surface area contributed by atoms with E-state index < -0.39 is 0 Å². The van der Waals surface area contributed by atoms with Crippen LogP contribution in [0.5, 0.6) is 0 Å². The lowest BCUT2D eigenvalue weighted by Crippen LogP contribution is -2.36. The van der Waals surface area contributed by atoms with Crippen LogP contribution in [0.3, 0.4) is 0 Å². The Morgan fingerprint density at radius 1 is 0.667 bits per heavy atom. The second-order valence-corrected chi connectivity index (χ2v) is 9.60. The van der Waals surface area contributed by atoms with Crippen molar-refractivity contribution in [2.45, 2.75) is 19.5 Å². The summed E-state index contributed by atoms with van der Waals surface area (Å²) < 4.78 is 23.8. The number of hydrogen-bond acceptors (Lipinski definition) is 8. The number of aryl methyl sites for hydroxylation is 1. The molecule has 2 aromatic heterocycles. The third-order valence-electron chi connectivity index (χ3n) is 6.68. The van der Waals surface area contributed by atoms with Crippen molar-refractivity contribution >= 4 is 0 Å². The first-order chi connectivity index (χ1) is 19.3. The molecule has 1 atom stereocenters. The molecule has 4 rings (SSSR count). The van der Waals surface area contributed by atoms with Gasteiger partial charge in [-0.1, -0.05) is 42.5 Å². The Balaban J connectivity index is 1.36. The summed E-state index contributed by atoms with van der Waals surface area (Å²) >= 11 is 0. The maximum absolute atomic E-state index is 6.01. The summed E-state index contributed by atoms with van der Waals surface area (Å²) in [5.74, 6) is 0. The molecule has 0 saturated carbocycles. The number of aromatic nitrogens is 2. The van der Waals surface area contributed by atoms with Crippen molar-refractivity contribution in [1.82, 2.24) is 19.8 Å². The van der Waals surface area contributed by atoms with E-state index in [1.165, 1.54) is 5.56 Å². The highest BCUT2D eigenvalue weighted by Crippen LogP contribution is 2.27. The summed E-state index contributed by atoms with van der Waals surface area (Å²) in [5.41, 5.74) is 4.30. The number of benzene rings is 1. The van der Waals surface area contributed by atoms with Crippen LogP contribution in [0.2, 0.25) is 0 Å². The van der Waals surface area contributed by atoms with Crippen LogP contribution in [0.15, 0.2) is 72.9 Å². The van der Waals surface area contributed by atoms with E-state index in [1.807, 2.05) is 37.4 Å². The van der Waals surface area contributed by atoms with E-state index in [0.29, 0.717) is 52.9 Å². The molecule has 0 spiro atoms. The van der Waals surface area contributed by atoms with Gasteiger partial charge in [-0.25, -0.2) is 0 Å². The third kappa shape index (κ3) is 10.4. The van der Waals surface area contributed by atoms with Gasteiger partial charge in [-0.05, 0) is 36.8 Å². The standard InChI is InChI=1S/C31H42N4O4/c1-27-8-7-12-30(33-27)31(28-9-3-2-4-10-28)35-16-20-38-24-22-36-18-14-34(26-29-11-5-6-13-32-29)15-19-37-23-25-39-21-17-35/h2-13,31H,14-26H2,1H3. The topological polar surface area (TPSA) is 69.2 Å². The van der Waals surface area contributed by atoms with Crippen LogP contribution in [0.1, 0.15) is 28.7 Å². The molecule has 1 fully saturated rings. The van der Waals surface area contributed by atoms with Gasteiger partial charge in [0.25, 0.3) is 0 Å². The first-order valence-electron chi connectivity index (χ1n) is 14.0. The van der Waals surface area contributed by atoms with Crippen LogP contribution in [0.4, 0.5) is 0 Å². The molecule has 1 aromatic carbocycles. The minimum absolute atomic E-state index is 0.0153. The van der Waals surface area contributed by atoms with Crippen molar-refractivity contribution in [2.24, 2.45) is 0 Å². The molecule has 1 aliphatic rings. The quantitative estimate of drug-likeness (QED) is 0.490. The molecular formula is C31H42N4O4. The van der Waals surface area contributed by atoms with Gasteiger partial charge in [0.2, 0.25) is 0 Å². The second-order valence-electron chi connectivity index (χ2n) is 9.60. The summed E-state index contributed by atoms with van der Waals surface area (Å²) in [6.45, 7) is 10.7. The molecular weight excluding hydrogens is 492 g/mol. The van der Waals surface area contributed by atoms with Crippen LogP contribution >= 0.6 is 0 Å². The number of rotatable bonds is 5. The zero-order chi connectivity index (χ0) is 27.0. The molecule has 0 amide bonds. The Bertz CT molecular complexity index is 1040. The van der Waals surface area contributed by atoms with E-state index in [0.717, 1.165) is 49.8 Å². The first kappa shape index (κ1) is 29.3. The lowest BCUT2D eigenvalue weighted by Gasteiger charge is -2.32. The molecule has 0 bridgehead atoms. The van der Waals surface area contributed by atoms with Gasteiger partial charge in [0.1, 0.15) is 0 Å². The predicted molar refractivity (Wildman–Crippen MR) is 152 cm³/mol. The highest BCUT2D eigenvalue weighted by molar-refractivity contribution is 5.28. The van der Waals surface area contributed by atoms with Crippen molar-refractivity contribution in [3.05, 3.63) is 95.6 Å². The van der Waals surface area contributed by atoms with Crippen molar-refractivity contribution in [3.8, 4) is 0 Å². The lowest BCUT2D eigenvalue weighted by atomic mass is 10.0. The molecule has 1 saturated heterocycles. The average Bonchev–Trinajstić information content (AvgIpc) is 2.96. The molecule has 210 valence electrons. The van der Waals surface area contributed by atoms with Gasteiger partial charge in [0.15, 0.2) is 0 Å². The molecule has 0 aliphatic carbocycles. The van der Waals surface area contributed by atoms with Gasteiger partial charge >= 0.3 is 0 Å². The minimum Gasteiger partial charge on any atom is -0.378 e. The summed E-state index contributed by atoms with van der Waals surface area (Å²) in [5, 5.41) is 0. The zero-order valence-electron chi connectivity index (χ0n) is 23.1.